The van der Waals surface area contributed by atoms with E-state index >= 15 is 0 Å². The fraction of sp³-hybridized carbons (Fsp3) is 0.524. The Kier molecular flexibility index (Phi) is 4.58. The Morgan fingerprint density at radius 1 is 1.14 bits per heavy atom. The van der Waals surface area contributed by atoms with Crippen LogP contribution in [0, 0.1) is 0 Å². The lowest BCUT2D eigenvalue weighted by Gasteiger charge is -2.50. The zero-order chi connectivity index (χ0) is 19.8. The number of benzene rings is 1. The van der Waals surface area contributed by atoms with Crippen LogP contribution in [0.2, 0.25) is 0 Å². The number of carbonyl (C=O) groups excluding carboxylic acids is 1. The predicted molar refractivity (Wildman–Crippen MR) is 109 cm³/mol. The topological polar surface area (TPSA) is 82.9 Å². The van der Waals surface area contributed by atoms with Crippen LogP contribution in [0.15, 0.2) is 30.6 Å². The Morgan fingerprint density at radius 3 is 2.55 bits per heavy atom. The van der Waals surface area contributed by atoms with Gasteiger partial charge in [0.2, 0.25) is 5.91 Å². The highest BCUT2D eigenvalue weighted by molar-refractivity contribution is 5.77. The van der Waals surface area contributed by atoms with Crippen molar-refractivity contribution < 1.29 is 4.79 Å². The first-order chi connectivity index (χ1) is 14.2. The molecule has 8 heteroatoms. The minimum atomic E-state index is -0.0427. The van der Waals surface area contributed by atoms with Crippen LogP contribution >= 0.6 is 0 Å². The Hall–Kier alpha value is -2.74. The Bertz CT molecular complexity index is 982. The number of aromatic amines is 1. The smallest absolute Gasteiger partial charge is 0.246 e. The Labute approximate surface area is 169 Å². The van der Waals surface area contributed by atoms with Crippen molar-refractivity contribution in [2.24, 2.45) is 0 Å². The van der Waals surface area contributed by atoms with Crippen molar-refractivity contribution in [1.82, 2.24) is 34.8 Å². The second-order valence-corrected chi connectivity index (χ2v) is 8.10. The maximum absolute atomic E-state index is 12.9. The molecule has 0 atom stereocenters. The summed E-state index contributed by atoms with van der Waals surface area (Å²) in [5.41, 5.74) is 4.07. The molecule has 0 unspecified atom stereocenters. The van der Waals surface area contributed by atoms with Gasteiger partial charge in [0.05, 0.1) is 17.6 Å². The third-order valence-electron chi connectivity index (χ3n) is 6.44. The van der Waals surface area contributed by atoms with E-state index < -0.39 is 0 Å². The molecular weight excluding hydrogens is 366 g/mol. The standard InChI is InChI=1S/C21H27N7O/c1-2-10-27-11-7-18-20(23-15-22-18)21(27)8-12-26(13-9-21)19(29)14-28-24-16-5-3-4-6-17(16)25-28/h3-6,15H,2,7-14H2,1H3,(H,22,23). The summed E-state index contributed by atoms with van der Waals surface area (Å²) in [5, 5.41) is 8.85. The van der Waals surface area contributed by atoms with Crippen LogP contribution in [0.5, 0.6) is 0 Å². The summed E-state index contributed by atoms with van der Waals surface area (Å²) in [6.07, 6.45) is 5.82. The van der Waals surface area contributed by atoms with Gasteiger partial charge in [0.25, 0.3) is 0 Å². The third kappa shape index (κ3) is 3.11. The zero-order valence-corrected chi connectivity index (χ0v) is 16.8. The number of carbonyl (C=O) groups is 1. The molecule has 3 aromatic rings. The Morgan fingerprint density at radius 2 is 1.86 bits per heavy atom. The maximum atomic E-state index is 12.9. The molecule has 0 bridgehead atoms. The van der Waals surface area contributed by atoms with E-state index in [-0.39, 0.29) is 18.0 Å². The first-order valence-electron chi connectivity index (χ1n) is 10.5. The first kappa shape index (κ1) is 18.3. The van der Waals surface area contributed by atoms with E-state index in [2.05, 4.69) is 27.0 Å². The van der Waals surface area contributed by atoms with Crippen molar-refractivity contribution in [1.29, 1.82) is 0 Å². The molecule has 8 nitrogen and oxygen atoms in total. The summed E-state index contributed by atoms with van der Waals surface area (Å²) >= 11 is 0. The van der Waals surface area contributed by atoms with E-state index in [1.807, 2.05) is 35.5 Å². The molecule has 0 radical (unpaired) electrons. The Balaban J connectivity index is 1.31. The number of rotatable bonds is 4. The monoisotopic (exact) mass is 393 g/mol. The molecule has 29 heavy (non-hydrogen) atoms. The van der Waals surface area contributed by atoms with E-state index in [0.717, 1.165) is 62.9 Å². The van der Waals surface area contributed by atoms with Gasteiger partial charge in [-0.25, -0.2) is 4.98 Å². The lowest BCUT2D eigenvalue weighted by molar-refractivity contribution is -0.135. The maximum Gasteiger partial charge on any atom is 0.246 e. The number of amides is 1. The van der Waals surface area contributed by atoms with Gasteiger partial charge in [0.1, 0.15) is 17.6 Å². The van der Waals surface area contributed by atoms with E-state index in [9.17, 15) is 4.79 Å². The van der Waals surface area contributed by atoms with E-state index in [1.54, 1.807) is 0 Å². The van der Waals surface area contributed by atoms with Crippen LogP contribution in [-0.2, 0) is 23.3 Å². The molecule has 4 heterocycles. The summed E-state index contributed by atoms with van der Waals surface area (Å²) in [4.78, 5) is 27.0. The van der Waals surface area contributed by atoms with Crippen molar-refractivity contribution in [3.8, 4) is 0 Å². The molecular formula is C21H27N7O. The molecule has 1 amide bonds. The molecule has 1 saturated heterocycles. The summed E-state index contributed by atoms with van der Waals surface area (Å²) in [6.45, 7) is 6.03. The molecule has 2 aliphatic heterocycles. The van der Waals surface area contributed by atoms with Crippen LogP contribution in [0.1, 0.15) is 37.6 Å². The number of H-pyrrole nitrogens is 1. The highest BCUT2D eigenvalue weighted by Crippen LogP contribution is 2.42. The molecule has 2 aromatic heterocycles. The minimum Gasteiger partial charge on any atom is -0.348 e. The first-order valence-corrected chi connectivity index (χ1v) is 10.5. The van der Waals surface area contributed by atoms with Gasteiger partial charge in [0.15, 0.2) is 0 Å². The van der Waals surface area contributed by atoms with Crippen LogP contribution in [-0.4, -0.2) is 66.8 Å². The number of fused-ring (bicyclic) bond motifs is 3. The summed E-state index contributed by atoms with van der Waals surface area (Å²) in [6, 6.07) is 7.70. The van der Waals surface area contributed by atoms with Gasteiger partial charge in [-0.05, 0) is 37.9 Å². The highest BCUT2D eigenvalue weighted by atomic mass is 16.2. The van der Waals surface area contributed by atoms with E-state index in [1.165, 1.54) is 16.2 Å². The minimum absolute atomic E-state index is 0.0427. The van der Waals surface area contributed by atoms with Crippen LogP contribution in [0.4, 0.5) is 0 Å². The van der Waals surface area contributed by atoms with Crippen LogP contribution < -0.4 is 0 Å². The number of likely N-dealkylation sites (tertiary alicyclic amines) is 1. The fourth-order valence-electron chi connectivity index (χ4n) is 4.99. The van der Waals surface area contributed by atoms with Gasteiger partial charge in [-0.3, -0.25) is 9.69 Å². The van der Waals surface area contributed by atoms with Crippen molar-refractivity contribution in [3.05, 3.63) is 42.0 Å². The van der Waals surface area contributed by atoms with Gasteiger partial charge in [0, 0.05) is 31.7 Å². The summed E-state index contributed by atoms with van der Waals surface area (Å²) in [5.74, 6) is 0.0836. The molecule has 1 aromatic carbocycles. The highest BCUT2D eigenvalue weighted by Gasteiger charge is 2.46. The summed E-state index contributed by atoms with van der Waals surface area (Å²) < 4.78 is 0. The molecule has 1 fully saturated rings. The second kappa shape index (κ2) is 7.26. The number of nitrogens with one attached hydrogen (secondary N) is 1. The third-order valence-corrected chi connectivity index (χ3v) is 6.44. The van der Waals surface area contributed by atoms with Gasteiger partial charge in [-0.1, -0.05) is 19.1 Å². The molecule has 0 aliphatic carbocycles. The lowest BCUT2D eigenvalue weighted by atomic mass is 9.78. The molecule has 2 aliphatic rings. The fourth-order valence-corrected chi connectivity index (χ4v) is 4.99. The lowest BCUT2D eigenvalue weighted by Crippen LogP contribution is -2.57. The number of aromatic nitrogens is 5. The second-order valence-electron chi connectivity index (χ2n) is 8.10. The van der Waals surface area contributed by atoms with Crippen molar-refractivity contribution in [3.63, 3.8) is 0 Å². The largest absolute Gasteiger partial charge is 0.348 e. The van der Waals surface area contributed by atoms with Crippen LogP contribution in [0.3, 0.4) is 0 Å². The van der Waals surface area contributed by atoms with Crippen molar-refractivity contribution in [2.75, 3.05) is 26.2 Å². The van der Waals surface area contributed by atoms with Crippen LogP contribution in [0.25, 0.3) is 11.0 Å². The molecule has 1 N–H and O–H groups in total. The average molecular weight is 393 g/mol. The molecule has 1 spiro atoms. The predicted octanol–water partition coefficient (Wildman–Crippen LogP) is 1.94. The number of hydrogen-bond acceptors (Lipinski definition) is 5. The summed E-state index contributed by atoms with van der Waals surface area (Å²) in [7, 11) is 0. The zero-order valence-electron chi connectivity index (χ0n) is 16.8. The average Bonchev–Trinajstić information content (AvgIpc) is 3.37. The van der Waals surface area contributed by atoms with E-state index in [4.69, 9.17) is 4.98 Å². The SMILES string of the molecule is CCCN1CCc2[nH]cnc2C12CCN(C(=O)Cn1nc3ccccc3n1)CC2. The van der Waals surface area contributed by atoms with Gasteiger partial charge in [-0.2, -0.15) is 15.0 Å². The molecule has 5 rings (SSSR count). The quantitative estimate of drug-likeness (QED) is 0.732. The van der Waals surface area contributed by atoms with Gasteiger partial charge in [-0.15, -0.1) is 0 Å². The number of piperidine rings is 1. The van der Waals surface area contributed by atoms with E-state index in [0.29, 0.717) is 0 Å². The van der Waals surface area contributed by atoms with Gasteiger partial charge < -0.3 is 9.88 Å². The normalized spacial score (nSPS) is 19.0. The number of imidazole rings is 1. The van der Waals surface area contributed by atoms with Crippen molar-refractivity contribution >= 4 is 16.9 Å². The molecule has 0 saturated carbocycles. The van der Waals surface area contributed by atoms with Gasteiger partial charge >= 0.3 is 0 Å². The van der Waals surface area contributed by atoms with Crippen molar-refractivity contribution in [2.45, 2.75) is 44.7 Å². The number of nitrogens with zero attached hydrogens (tertiary/aromatic N) is 6. The molecule has 152 valence electrons. The number of hydrogen-bond donors (Lipinski definition) is 1.